The molecule has 0 bridgehead atoms. The summed E-state index contributed by atoms with van der Waals surface area (Å²) in [4.78, 5) is 21.1. The quantitative estimate of drug-likeness (QED) is 0.721. The van der Waals surface area contributed by atoms with Gasteiger partial charge < -0.3 is 15.5 Å². The van der Waals surface area contributed by atoms with Crippen LogP contribution in [0.3, 0.4) is 0 Å². The molecule has 1 amide bonds. The van der Waals surface area contributed by atoms with Crippen molar-refractivity contribution in [1.29, 1.82) is 0 Å². The van der Waals surface area contributed by atoms with E-state index in [4.69, 9.17) is 5.11 Å². The number of para-hydroxylation sites is 1. The molecule has 1 rings (SSSR count). The van der Waals surface area contributed by atoms with E-state index < -0.39 is 35.9 Å². The second kappa shape index (κ2) is 4.94. The van der Waals surface area contributed by atoms with Crippen LogP contribution in [0.5, 0.6) is 5.75 Å². The normalized spacial score (nSPS) is 11.1. The number of carboxylic acid groups (broad SMARTS) is 1. The average Bonchev–Trinajstić information content (AvgIpc) is 2.21. The molecule has 18 heavy (non-hydrogen) atoms. The molecule has 0 saturated carbocycles. The molecular weight excluding hydrogens is 255 g/mol. The molecule has 0 unspecified atom stereocenters. The highest BCUT2D eigenvalue weighted by atomic mass is 19.4. The Kier molecular flexibility index (Phi) is 3.79. The minimum Gasteiger partial charge on any atom is -0.505 e. The van der Waals surface area contributed by atoms with Crippen molar-refractivity contribution in [3.05, 3.63) is 23.8 Å². The number of hydrogen-bond acceptors (Lipinski definition) is 3. The molecule has 0 aromatic heterocycles. The van der Waals surface area contributed by atoms with Crippen molar-refractivity contribution in [3.8, 4) is 5.75 Å². The Labute approximate surface area is 98.8 Å². The number of hydrogen-bond donors (Lipinski definition) is 3. The number of phenols is 1. The minimum atomic E-state index is -5.09. The number of aromatic hydroxyl groups is 1. The first-order valence-corrected chi connectivity index (χ1v) is 4.62. The van der Waals surface area contributed by atoms with E-state index in [0.717, 1.165) is 6.07 Å². The molecule has 0 aliphatic rings. The third kappa shape index (κ3) is 3.37. The van der Waals surface area contributed by atoms with Crippen LogP contribution < -0.4 is 5.32 Å². The molecule has 5 nitrogen and oxygen atoms in total. The third-order valence-electron chi connectivity index (χ3n) is 1.97. The first kappa shape index (κ1) is 13.8. The van der Waals surface area contributed by atoms with Crippen LogP contribution in [0, 0.1) is 0 Å². The Balaban J connectivity index is 2.98. The first-order valence-electron chi connectivity index (χ1n) is 4.62. The Morgan fingerprint density at radius 2 is 1.89 bits per heavy atom. The van der Waals surface area contributed by atoms with E-state index in [1.54, 1.807) is 0 Å². The van der Waals surface area contributed by atoms with E-state index in [1.807, 2.05) is 0 Å². The van der Waals surface area contributed by atoms with Gasteiger partial charge in [0.2, 0.25) is 0 Å². The summed E-state index contributed by atoms with van der Waals surface area (Å²) >= 11 is 0. The number of carbonyl (C=O) groups is 2. The number of carboxylic acids is 1. The van der Waals surface area contributed by atoms with Crippen LogP contribution in [-0.2, 0) is 16.0 Å². The van der Waals surface area contributed by atoms with Crippen molar-refractivity contribution >= 4 is 17.6 Å². The number of nitrogens with one attached hydrogen (secondary N) is 1. The van der Waals surface area contributed by atoms with Gasteiger partial charge in [0.05, 0.1) is 12.1 Å². The third-order valence-corrected chi connectivity index (χ3v) is 1.97. The summed E-state index contributed by atoms with van der Waals surface area (Å²) in [5.74, 6) is -4.20. The average molecular weight is 263 g/mol. The fraction of sp³-hybridized carbons (Fsp3) is 0.200. The van der Waals surface area contributed by atoms with E-state index in [2.05, 4.69) is 0 Å². The maximum absolute atomic E-state index is 12.0. The van der Waals surface area contributed by atoms with Gasteiger partial charge in [-0.25, -0.2) is 0 Å². The second-order valence-corrected chi connectivity index (χ2v) is 3.34. The number of alkyl halides is 3. The lowest BCUT2D eigenvalue weighted by atomic mass is 10.1. The molecule has 3 N–H and O–H groups in total. The van der Waals surface area contributed by atoms with Crippen molar-refractivity contribution in [3.63, 3.8) is 0 Å². The summed E-state index contributed by atoms with van der Waals surface area (Å²) in [6.45, 7) is 0. The number of benzene rings is 1. The number of amides is 1. The van der Waals surface area contributed by atoms with Gasteiger partial charge in [-0.1, -0.05) is 12.1 Å². The van der Waals surface area contributed by atoms with Gasteiger partial charge in [-0.15, -0.1) is 0 Å². The number of rotatable bonds is 3. The van der Waals surface area contributed by atoms with Crippen molar-refractivity contribution in [1.82, 2.24) is 0 Å². The molecule has 1 aromatic carbocycles. The Morgan fingerprint density at radius 3 is 2.39 bits per heavy atom. The van der Waals surface area contributed by atoms with Gasteiger partial charge in [-0.05, 0) is 6.07 Å². The molecule has 0 heterocycles. The summed E-state index contributed by atoms with van der Waals surface area (Å²) in [7, 11) is 0. The number of carbonyl (C=O) groups excluding carboxylic acids is 1. The molecule has 0 radical (unpaired) electrons. The fourth-order valence-corrected chi connectivity index (χ4v) is 1.19. The van der Waals surface area contributed by atoms with Gasteiger partial charge in [-0.3, -0.25) is 9.59 Å². The van der Waals surface area contributed by atoms with E-state index in [9.17, 15) is 27.9 Å². The highest BCUT2D eigenvalue weighted by Crippen LogP contribution is 2.29. The molecule has 0 fully saturated rings. The number of phenolic OH excluding ortho intramolecular Hbond substituents is 1. The summed E-state index contributed by atoms with van der Waals surface area (Å²) in [5.41, 5.74) is -0.585. The van der Waals surface area contributed by atoms with Crippen LogP contribution in [0.25, 0.3) is 0 Å². The molecule has 0 atom stereocenters. The lowest BCUT2D eigenvalue weighted by molar-refractivity contribution is -0.167. The van der Waals surface area contributed by atoms with Gasteiger partial charge >= 0.3 is 18.1 Å². The minimum absolute atomic E-state index is 0.0949. The summed E-state index contributed by atoms with van der Waals surface area (Å²) in [6.07, 6.45) is -5.66. The topological polar surface area (TPSA) is 86.6 Å². The maximum Gasteiger partial charge on any atom is 0.471 e. The summed E-state index contributed by atoms with van der Waals surface area (Å²) in [5, 5.41) is 19.5. The van der Waals surface area contributed by atoms with Crippen molar-refractivity contribution in [2.45, 2.75) is 12.6 Å². The lowest BCUT2D eigenvalue weighted by Crippen LogP contribution is -2.30. The first-order chi connectivity index (χ1) is 8.21. The van der Waals surface area contributed by atoms with Crippen LogP contribution in [0.15, 0.2) is 18.2 Å². The highest BCUT2D eigenvalue weighted by molar-refractivity contribution is 5.96. The molecule has 0 aliphatic heterocycles. The summed E-state index contributed by atoms with van der Waals surface area (Å²) < 4.78 is 36.0. The smallest absolute Gasteiger partial charge is 0.471 e. The van der Waals surface area contributed by atoms with Crippen LogP contribution in [0.2, 0.25) is 0 Å². The predicted octanol–water partition coefficient (Wildman–Crippen LogP) is 1.52. The predicted molar refractivity (Wildman–Crippen MR) is 54.1 cm³/mol. The van der Waals surface area contributed by atoms with Gasteiger partial charge in [-0.2, -0.15) is 13.2 Å². The molecule has 0 saturated heterocycles. The lowest BCUT2D eigenvalue weighted by Gasteiger charge is -2.11. The maximum atomic E-state index is 12.0. The zero-order valence-electron chi connectivity index (χ0n) is 8.78. The van der Waals surface area contributed by atoms with E-state index in [0.29, 0.717) is 0 Å². The van der Waals surface area contributed by atoms with Crippen LogP contribution >= 0.6 is 0 Å². The Bertz CT molecular complexity index is 485. The van der Waals surface area contributed by atoms with E-state index in [1.165, 1.54) is 17.4 Å². The Morgan fingerprint density at radius 1 is 1.28 bits per heavy atom. The molecule has 1 aromatic rings. The molecular formula is C10H8F3NO4. The Hall–Kier alpha value is -2.25. The van der Waals surface area contributed by atoms with Crippen molar-refractivity contribution < 1.29 is 33.0 Å². The van der Waals surface area contributed by atoms with Crippen molar-refractivity contribution in [2.75, 3.05) is 5.32 Å². The monoisotopic (exact) mass is 263 g/mol. The van der Waals surface area contributed by atoms with E-state index in [-0.39, 0.29) is 5.56 Å². The highest BCUT2D eigenvalue weighted by Gasteiger charge is 2.39. The molecule has 0 spiro atoms. The SMILES string of the molecule is O=C(O)Cc1cccc(NC(=O)C(F)(F)F)c1O. The largest absolute Gasteiger partial charge is 0.505 e. The number of anilines is 1. The number of aliphatic carboxylic acids is 1. The molecule has 8 heteroatoms. The van der Waals surface area contributed by atoms with Crippen molar-refractivity contribution in [2.24, 2.45) is 0 Å². The molecule has 0 aliphatic carbocycles. The fourth-order valence-electron chi connectivity index (χ4n) is 1.19. The van der Waals surface area contributed by atoms with Crippen LogP contribution in [-0.4, -0.2) is 28.3 Å². The van der Waals surface area contributed by atoms with Gasteiger partial charge in [0.15, 0.2) is 0 Å². The summed E-state index contributed by atoms with van der Waals surface area (Å²) in [6, 6.07) is 3.49. The number of halogens is 3. The van der Waals surface area contributed by atoms with Crippen LogP contribution in [0.4, 0.5) is 18.9 Å². The van der Waals surface area contributed by atoms with E-state index >= 15 is 0 Å². The zero-order chi connectivity index (χ0) is 13.9. The van der Waals surface area contributed by atoms with Gasteiger partial charge in [0.25, 0.3) is 0 Å². The molecule has 98 valence electrons. The van der Waals surface area contributed by atoms with Gasteiger partial charge in [0.1, 0.15) is 5.75 Å². The second-order valence-electron chi connectivity index (χ2n) is 3.34. The standard InChI is InChI=1S/C10H8F3NO4/c11-10(12,13)9(18)14-6-3-1-2-5(8(6)17)4-7(15)16/h1-3,17H,4H2,(H,14,18)(H,15,16). The van der Waals surface area contributed by atoms with Crippen LogP contribution in [0.1, 0.15) is 5.56 Å². The van der Waals surface area contributed by atoms with Gasteiger partial charge in [0, 0.05) is 5.56 Å². The zero-order valence-corrected chi connectivity index (χ0v) is 8.78.